The van der Waals surface area contributed by atoms with Crippen LogP contribution in [0, 0.1) is 12.7 Å². The van der Waals surface area contributed by atoms with Crippen molar-refractivity contribution in [3.05, 3.63) is 59.4 Å². The highest BCUT2D eigenvalue weighted by Gasteiger charge is 2.08. The van der Waals surface area contributed by atoms with Crippen molar-refractivity contribution in [1.29, 1.82) is 0 Å². The van der Waals surface area contributed by atoms with E-state index in [9.17, 15) is 9.18 Å². The third-order valence-corrected chi connectivity index (χ3v) is 2.70. The Kier molecular flexibility index (Phi) is 3.77. The molecule has 0 atom stereocenters. The first-order valence-electron chi connectivity index (χ1n) is 5.71. The molecule has 4 heteroatoms. The number of nitrogens with zero attached hydrogens (tertiary/aromatic N) is 2. The van der Waals surface area contributed by atoms with E-state index in [4.69, 9.17) is 0 Å². The predicted molar refractivity (Wildman–Crippen MR) is 65.8 cm³/mol. The molecule has 0 amide bonds. The molecular formula is C14H13FN2O. The molecule has 1 heterocycles. The molecule has 3 nitrogen and oxygen atoms in total. The summed E-state index contributed by atoms with van der Waals surface area (Å²) < 4.78 is 13.1. The quantitative estimate of drug-likeness (QED) is 0.777. The van der Waals surface area contributed by atoms with Gasteiger partial charge in [0.05, 0.1) is 5.69 Å². The molecule has 2 aromatic rings. The van der Waals surface area contributed by atoms with Gasteiger partial charge in [-0.15, -0.1) is 0 Å². The first-order valence-corrected chi connectivity index (χ1v) is 5.71. The Hall–Kier alpha value is -2.10. The maximum atomic E-state index is 13.1. The number of benzene rings is 1. The predicted octanol–water partition coefficient (Wildman–Crippen LogP) is 2.74. The minimum absolute atomic E-state index is 0.0104. The zero-order valence-corrected chi connectivity index (χ0v) is 10.1. The van der Waals surface area contributed by atoms with Crippen LogP contribution in [0.25, 0.3) is 0 Å². The van der Waals surface area contributed by atoms with Crippen LogP contribution >= 0.6 is 0 Å². The van der Waals surface area contributed by atoms with E-state index in [2.05, 4.69) is 9.97 Å². The summed E-state index contributed by atoms with van der Waals surface area (Å²) in [6.45, 7) is 1.65. The van der Waals surface area contributed by atoms with Gasteiger partial charge in [0, 0.05) is 30.6 Å². The monoisotopic (exact) mass is 244 g/mol. The van der Waals surface area contributed by atoms with Gasteiger partial charge < -0.3 is 0 Å². The van der Waals surface area contributed by atoms with Crippen molar-refractivity contribution < 1.29 is 9.18 Å². The van der Waals surface area contributed by atoms with E-state index in [1.54, 1.807) is 31.6 Å². The highest BCUT2D eigenvalue weighted by molar-refractivity contribution is 5.96. The Bertz CT molecular complexity index is 555. The molecule has 0 saturated heterocycles. The summed E-state index contributed by atoms with van der Waals surface area (Å²) >= 11 is 0. The van der Waals surface area contributed by atoms with Crippen LogP contribution in [0.3, 0.4) is 0 Å². The summed E-state index contributed by atoms with van der Waals surface area (Å²) in [6, 6.07) is 4.42. The maximum absolute atomic E-state index is 13.1. The number of ketones is 1. The van der Waals surface area contributed by atoms with E-state index < -0.39 is 0 Å². The minimum Gasteiger partial charge on any atom is -0.294 e. The smallest absolute Gasteiger partial charge is 0.163 e. The topological polar surface area (TPSA) is 42.9 Å². The second-order valence-corrected chi connectivity index (χ2v) is 4.08. The molecule has 0 spiro atoms. The number of rotatable bonds is 4. The van der Waals surface area contributed by atoms with Crippen molar-refractivity contribution in [1.82, 2.24) is 9.97 Å². The van der Waals surface area contributed by atoms with E-state index in [0.29, 0.717) is 24.0 Å². The fourth-order valence-corrected chi connectivity index (χ4v) is 1.66. The molecule has 0 saturated carbocycles. The van der Waals surface area contributed by atoms with Gasteiger partial charge in [0.2, 0.25) is 0 Å². The second-order valence-electron chi connectivity index (χ2n) is 4.08. The molecule has 0 bridgehead atoms. The molecule has 1 aromatic carbocycles. The fourth-order valence-electron chi connectivity index (χ4n) is 1.66. The van der Waals surface area contributed by atoms with Gasteiger partial charge in [0.15, 0.2) is 5.78 Å². The Morgan fingerprint density at radius 1 is 1.33 bits per heavy atom. The number of hydrogen-bond acceptors (Lipinski definition) is 3. The highest BCUT2D eigenvalue weighted by atomic mass is 19.1. The Balaban J connectivity index is 2.02. The Labute approximate surface area is 105 Å². The number of carbonyl (C=O) groups excluding carboxylic acids is 1. The number of hydrogen-bond donors (Lipinski definition) is 0. The summed E-state index contributed by atoms with van der Waals surface area (Å²) in [4.78, 5) is 19.9. The molecule has 0 radical (unpaired) electrons. The molecule has 2 rings (SSSR count). The largest absolute Gasteiger partial charge is 0.294 e. The lowest BCUT2D eigenvalue weighted by atomic mass is 10.0. The van der Waals surface area contributed by atoms with Crippen LogP contribution in [-0.4, -0.2) is 15.8 Å². The molecule has 0 N–H and O–H groups in total. The minimum atomic E-state index is -0.291. The third kappa shape index (κ3) is 2.97. The van der Waals surface area contributed by atoms with Crippen LogP contribution in [0.15, 0.2) is 36.8 Å². The summed E-state index contributed by atoms with van der Waals surface area (Å²) in [7, 11) is 0. The second kappa shape index (κ2) is 5.49. The molecule has 18 heavy (non-hydrogen) atoms. The van der Waals surface area contributed by atoms with Gasteiger partial charge in [-0.25, -0.2) is 4.39 Å². The molecule has 0 aliphatic rings. The molecule has 0 fully saturated rings. The highest BCUT2D eigenvalue weighted by Crippen LogP contribution is 2.12. The fraction of sp³-hybridized carbons (Fsp3) is 0.214. The summed E-state index contributed by atoms with van der Waals surface area (Å²) in [6.07, 6.45) is 5.73. The number of aryl methyl sites for hydroxylation is 2. The van der Waals surface area contributed by atoms with Crippen molar-refractivity contribution in [3.8, 4) is 0 Å². The third-order valence-electron chi connectivity index (χ3n) is 2.70. The molecule has 0 aliphatic carbocycles. The first kappa shape index (κ1) is 12.4. The van der Waals surface area contributed by atoms with Gasteiger partial charge in [0.25, 0.3) is 0 Å². The molecule has 1 aromatic heterocycles. The van der Waals surface area contributed by atoms with Crippen molar-refractivity contribution in [2.45, 2.75) is 19.8 Å². The van der Waals surface area contributed by atoms with Crippen molar-refractivity contribution in [3.63, 3.8) is 0 Å². The summed E-state index contributed by atoms with van der Waals surface area (Å²) in [5.41, 5.74) is 1.81. The first-order chi connectivity index (χ1) is 8.66. The maximum Gasteiger partial charge on any atom is 0.163 e. The van der Waals surface area contributed by atoms with Crippen molar-refractivity contribution in [2.24, 2.45) is 0 Å². The van der Waals surface area contributed by atoms with Gasteiger partial charge >= 0.3 is 0 Å². The van der Waals surface area contributed by atoms with E-state index >= 15 is 0 Å². The molecule has 0 aliphatic heterocycles. The Morgan fingerprint density at radius 2 is 2.17 bits per heavy atom. The number of aromatic nitrogens is 2. The van der Waals surface area contributed by atoms with Crippen LogP contribution in [0.1, 0.15) is 28.0 Å². The van der Waals surface area contributed by atoms with E-state index in [1.165, 1.54) is 12.1 Å². The van der Waals surface area contributed by atoms with Crippen LogP contribution in [0.5, 0.6) is 0 Å². The van der Waals surface area contributed by atoms with E-state index in [1.807, 2.05) is 0 Å². The van der Waals surface area contributed by atoms with Crippen molar-refractivity contribution >= 4 is 5.78 Å². The summed E-state index contributed by atoms with van der Waals surface area (Å²) in [5, 5.41) is 0. The van der Waals surface area contributed by atoms with Crippen LogP contribution in [0.2, 0.25) is 0 Å². The van der Waals surface area contributed by atoms with Crippen molar-refractivity contribution in [2.75, 3.05) is 0 Å². The van der Waals surface area contributed by atoms with E-state index in [-0.39, 0.29) is 11.6 Å². The van der Waals surface area contributed by atoms with Crippen LogP contribution < -0.4 is 0 Å². The van der Waals surface area contributed by atoms with Gasteiger partial charge in [-0.1, -0.05) is 0 Å². The molecule has 92 valence electrons. The summed E-state index contributed by atoms with van der Waals surface area (Å²) in [5.74, 6) is -0.302. The number of Topliss-reactive ketones (excluding diaryl/α,β-unsaturated/α-hetero) is 1. The lowest BCUT2D eigenvalue weighted by Gasteiger charge is -2.03. The standard InChI is InChI=1S/C14H13FN2O/c1-10-8-11(2-4-13(10)15)14(18)5-3-12-9-16-6-7-17-12/h2,4,6-9H,3,5H2,1H3. The average molecular weight is 244 g/mol. The zero-order chi connectivity index (χ0) is 13.0. The van der Waals surface area contributed by atoms with Gasteiger partial charge in [-0.3, -0.25) is 14.8 Å². The van der Waals surface area contributed by atoms with E-state index in [0.717, 1.165) is 5.69 Å². The van der Waals surface area contributed by atoms with Gasteiger partial charge in [-0.05, 0) is 37.1 Å². The van der Waals surface area contributed by atoms with Gasteiger partial charge in [-0.2, -0.15) is 0 Å². The van der Waals surface area contributed by atoms with Gasteiger partial charge in [0.1, 0.15) is 5.82 Å². The molecule has 0 unspecified atom stereocenters. The lowest BCUT2D eigenvalue weighted by Crippen LogP contribution is -2.03. The van der Waals surface area contributed by atoms with Crippen LogP contribution in [-0.2, 0) is 6.42 Å². The molecular weight excluding hydrogens is 231 g/mol. The zero-order valence-electron chi connectivity index (χ0n) is 10.1. The lowest BCUT2D eigenvalue weighted by molar-refractivity contribution is 0.0982. The average Bonchev–Trinajstić information content (AvgIpc) is 2.40. The normalized spacial score (nSPS) is 10.3. The van der Waals surface area contributed by atoms with Crippen LogP contribution in [0.4, 0.5) is 4.39 Å². The Morgan fingerprint density at radius 3 is 2.83 bits per heavy atom. The SMILES string of the molecule is Cc1cc(C(=O)CCc2cnccn2)ccc1F. The number of halogens is 1. The number of carbonyl (C=O) groups is 1.